The average Bonchev–Trinajstić information content (AvgIpc) is 2.65. The fourth-order valence-electron chi connectivity index (χ4n) is 2.19. The number of amides is 1. The average molecular weight is 389 g/mol. The number of nitrogens with zero attached hydrogens (tertiary/aromatic N) is 1. The van der Waals surface area contributed by atoms with Gasteiger partial charge in [0, 0.05) is 18.0 Å². The Bertz CT molecular complexity index is 1070. The Labute approximate surface area is 153 Å². The molecule has 3 rings (SSSR count). The van der Waals surface area contributed by atoms with Gasteiger partial charge < -0.3 is 5.32 Å². The van der Waals surface area contributed by atoms with Crippen molar-refractivity contribution in [2.75, 3.05) is 10.0 Å². The molecule has 0 aliphatic rings. The van der Waals surface area contributed by atoms with Crippen molar-refractivity contribution in [1.29, 1.82) is 0 Å². The lowest BCUT2D eigenvalue weighted by atomic mass is 10.3. The minimum Gasteiger partial charge on any atom is -0.321 e. The van der Waals surface area contributed by atoms with E-state index in [9.17, 15) is 22.0 Å². The van der Waals surface area contributed by atoms with Crippen LogP contribution in [0.25, 0.3) is 0 Å². The third-order valence-electron chi connectivity index (χ3n) is 3.49. The predicted molar refractivity (Wildman–Crippen MR) is 95.8 cm³/mol. The largest absolute Gasteiger partial charge is 0.321 e. The molecule has 0 saturated carbocycles. The van der Waals surface area contributed by atoms with Gasteiger partial charge in [-0.3, -0.25) is 14.5 Å². The molecule has 2 N–H and O–H groups in total. The van der Waals surface area contributed by atoms with Gasteiger partial charge in [-0.1, -0.05) is 6.07 Å². The fraction of sp³-hybridized carbons (Fsp3) is 0. The summed E-state index contributed by atoms with van der Waals surface area (Å²) in [7, 11) is -4.13. The van der Waals surface area contributed by atoms with Gasteiger partial charge in [0.2, 0.25) is 0 Å². The Morgan fingerprint density at radius 3 is 2.37 bits per heavy atom. The second-order valence-corrected chi connectivity index (χ2v) is 7.11. The highest BCUT2D eigenvalue weighted by atomic mass is 32.2. The zero-order valence-corrected chi connectivity index (χ0v) is 14.5. The molecule has 0 atom stereocenters. The van der Waals surface area contributed by atoms with Crippen LogP contribution in [0.2, 0.25) is 0 Å². The lowest BCUT2D eigenvalue weighted by Gasteiger charge is -2.10. The van der Waals surface area contributed by atoms with Crippen molar-refractivity contribution in [3.05, 3.63) is 84.2 Å². The van der Waals surface area contributed by atoms with Crippen molar-refractivity contribution in [2.45, 2.75) is 4.90 Å². The van der Waals surface area contributed by atoms with Crippen LogP contribution < -0.4 is 10.0 Å². The number of pyridine rings is 1. The summed E-state index contributed by atoms with van der Waals surface area (Å²) in [6.45, 7) is 0. The van der Waals surface area contributed by atoms with E-state index in [0.29, 0.717) is 5.69 Å². The molecule has 0 radical (unpaired) electrons. The topological polar surface area (TPSA) is 88.2 Å². The summed E-state index contributed by atoms with van der Waals surface area (Å²) in [5, 5.41) is 2.58. The van der Waals surface area contributed by atoms with Crippen LogP contribution in [-0.2, 0) is 10.0 Å². The van der Waals surface area contributed by atoms with E-state index in [0.717, 1.165) is 18.2 Å². The molecule has 0 spiro atoms. The van der Waals surface area contributed by atoms with E-state index in [-0.39, 0.29) is 10.6 Å². The number of anilines is 2. The minimum absolute atomic E-state index is 0.179. The second-order valence-electron chi connectivity index (χ2n) is 5.42. The maximum atomic E-state index is 13.6. The molecule has 3 aromatic rings. The highest BCUT2D eigenvalue weighted by molar-refractivity contribution is 7.92. The zero-order chi connectivity index (χ0) is 19.4. The first-order chi connectivity index (χ1) is 12.8. The van der Waals surface area contributed by atoms with Crippen LogP contribution in [0.5, 0.6) is 0 Å². The van der Waals surface area contributed by atoms with Crippen molar-refractivity contribution in [3.8, 4) is 0 Å². The number of hydrogen-bond acceptors (Lipinski definition) is 4. The Morgan fingerprint density at radius 2 is 1.70 bits per heavy atom. The number of nitrogens with one attached hydrogen (secondary N) is 2. The molecule has 138 valence electrons. The van der Waals surface area contributed by atoms with Gasteiger partial charge in [0.05, 0.1) is 10.6 Å². The molecule has 9 heteroatoms. The number of aromatic nitrogens is 1. The van der Waals surface area contributed by atoms with Gasteiger partial charge in [0.1, 0.15) is 17.3 Å². The van der Waals surface area contributed by atoms with Crippen LogP contribution >= 0.6 is 0 Å². The third kappa shape index (κ3) is 4.45. The predicted octanol–water partition coefficient (Wildman–Crippen LogP) is 3.41. The van der Waals surface area contributed by atoms with Crippen molar-refractivity contribution in [3.63, 3.8) is 0 Å². The van der Waals surface area contributed by atoms with E-state index in [1.165, 1.54) is 36.5 Å². The van der Waals surface area contributed by atoms with Crippen LogP contribution in [0.15, 0.2) is 71.8 Å². The first-order valence-electron chi connectivity index (χ1n) is 7.65. The molecule has 2 aromatic carbocycles. The number of halogens is 2. The number of sulfonamides is 1. The smallest absolute Gasteiger partial charge is 0.274 e. The van der Waals surface area contributed by atoms with Crippen molar-refractivity contribution < 1.29 is 22.0 Å². The molecule has 6 nitrogen and oxygen atoms in total. The highest BCUT2D eigenvalue weighted by Crippen LogP contribution is 2.21. The molecule has 0 unspecified atom stereocenters. The van der Waals surface area contributed by atoms with Crippen LogP contribution in [0.4, 0.5) is 20.2 Å². The van der Waals surface area contributed by atoms with Crippen LogP contribution in [0.3, 0.4) is 0 Å². The van der Waals surface area contributed by atoms with Crippen molar-refractivity contribution in [1.82, 2.24) is 4.98 Å². The van der Waals surface area contributed by atoms with Gasteiger partial charge in [-0.15, -0.1) is 0 Å². The molecule has 0 aliphatic heterocycles. The van der Waals surface area contributed by atoms with E-state index in [1.807, 2.05) is 4.72 Å². The number of benzene rings is 2. The monoisotopic (exact) mass is 389 g/mol. The van der Waals surface area contributed by atoms with E-state index < -0.39 is 33.3 Å². The maximum Gasteiger partial charge on any atom is 0.274 e. The van der Waals surface area contributed by atoms with Gasteiger partial charge in [-0.05, 0) is 48.5 Å². The molecule has 0 bridgehead atoms. The maximum absolute atomic E-state index is 13.6. The van der Waals surface area contributed by atoms with Crippen molar-refractivity contribution >= 4 is 27.3 Å². The molecule has 0 aliphatic carbocycles. The molecule has 27 heavy (non-hydrogen) atoms. The molecular weight excluding hydrogens is 376 g/mol. The molecule has 1 aromatic heterocycles. The normalized spacial score (nSPS) is 11.0. The van der Waals surface area contributed by atoms with E-state index in [2.05, 4.69) is 10.3 Å². The number of hydrogen-bond donors (Lipinski definition) is 2. The van der Waals surface area contributed by atoms with Gasteiger partial charge in [0.25, 0.3) is 15.9 Å². The lowest BCUT2D eigenvalue weighted by Crippen LogP contribution is -2.15. The fourth-order valence-corrected chi connectivity index (χ4v) is 3.25. The first-order valence-corrected chi connectivity index (χ1v) is 9.14. The van der Waals surface area contributed by atoms with Crippen molar-refractivity contribution in [2.24, 2.45) is 0 Å². The quantitative estimate of drug-likeness (QED) is 0.700. The summed E-state index contributed by atoms with van der Waals surface area (Å²) in [5.74, 6) is -2.13. The summed E-state index contributed by atoms with van der Waals surface area (Å²) in [5.41, 5.74) is 0.0570. The van der Waals surface area contributed by atoms with Gasteiger partial charge in [-0.25, -0.2) is 17.2 Å². The van der Waals surface area contributed by atoms with Crippen LogP contribution in [-0.4, -0.2) is 19.3 Å². The standard InChI is InChI=1S/C18H13F2N3O3S/c19-12-4-9-15(20)17(11-12)23-27(25,26)14-7-5-13(6-8-14)22-18(24)16-3-1-2-10-21-16/h1-11,23H,(H,22,24). The summed E-state index contributed by atoms with van der Waals surface area (Å²) in [6, 6.07) is 12.5. The van der Waals surface area contributed by atoms with Gasteiger partial charge >= 0.3 is 0 Å². The highest BCUT2D eigenvalue weighted by Gasteiger charge is 2.17. The van der Waals surface area contributed by atoms with E-state index in [4.69, 9.17) is 0 Å². The number of rotatable bonds is 5. The molecule has 1 amide bonds. The first kappa shape index (κ1) is 18.5. The van der Waals surface area contributed by atoms with Crippen LogP contribution in [0.1, 0.15) is 10.5 Å². The van der Waals surface area contributed by atoms with E-state index >= 15 is 0 Å². The van der Waals surface area contributed by atoms with Crippen LogP contribution in [0, 0.1) is 11.6 Å². The Hall–Kier alpha value is -3.33. The third-order valence-corrected chi connectivity index (χ3v) is 4.87. The van der Waals surface area contributed by atoms with Gasteiger partial charge in [-0.2, -0.15) is 0 Å². The number of carbonyl (C=O) groups excluding carboxylic acids is 1. The zero-order valence-electron chi connectivity index (χ0n) is 13.7. The summed E-state index contributed by atoms with van der Waals surface area (Å²) >= 11 is 0. The number of carbonyl (C=O) groups is 1. The van der Waals surface area contributed by atoms with E-state index in [1.54, 1.807) is 12.1 Å². The summed E-state index contributed by atoms with van der Waals surface area (Å²) in [6.07, 6.45) is 1.47. The molecular formula is C18H13F2N3O3S. The van der Waals surface area contributed by atoms with Gasteiger partial charge in [0.15, 0.2) is 0 Å². The Balaban J connectivity index is 1.76. The molecule has 1 heterocycles. The summed E-state index contributed by atoms with van der Waals surface area (Å²) < 4.78 is 53.5. The second kappa shape index (κ2) is 7.50. The SMILES string of the molecule is O=C(Nc1ccc(S(=O)(=O)Nc2cc(F)ccc2F)cc1)c1ccccn1. The lowest BCUT2D eigenvalue weighted by molar-refractivity contribution is 0.102. The minimum atomic E-state index is -4.13. The molecule has 0 saturated heterocycles. The molecule has 0 fully saturated rings. The Kier molecular flexibility index (Phi) is 5.13. The Morgan fingerprint density at radius 1 is 0.963 bits per heavy atom. The summed E-state index contributed by atoms with van der Waals surface area (Å²) in [4.78, 5) is 15.8.